The lowest BCUT2D eigenvalue weighted by molar-refractivity contribution is -2.00. The van der Waals surface area contributed by atoms with Crippen LogP contribution in [0.3, 0.4) is 0 Å². The highest BCUT2D eigenvalue weighted by atomic mass is 35.7. The number of rotatable bonds is 3. The Kier molecular flexibility index (Phi) is 6.02. The van der Waals surface area contributed by atoms with Crippen molar-refractivity contribution in [2.45, 2.75) is 0 Å². The van der Waals surface area contributed by atoms with E-state index in [1.807, 2.05) is 66.1 Å². The summed E-state index contributed by atoms with van der Waals surface area (Å²) >= 11 is 0. The van der Waals surface area contributed by atoms with Crippen LogP contribution in [0.25, 0.3) is 5.69 Å². The molecule has 0 atom stereocenters. The number of imidazole rings is 1. The fraction of sp³-hybridized carbons (Fsp3) is 0.143. The quantitative estimate of drug-likeness (QED) is 0.381. The van der Waals surface area contributed by atoms with Crippen LogP contribution in [-0.4, -0.2) is 14.3 Å². The Labute approximate surface area is 150 Å². The van der Waals surface area contributed by atoms with Gasteiger partial charge in [0.2, 0.25) is 0 Å². The van der Waals surface area contributed by atoms with Crippen LogP contribution in [0.2, 0.25) is 0 Å². The maximum absolute atomic E-state index is 8.49. The van der Waals surface area contributed by atoms with Crippen LogP contribution in [0, 0.1) is 10.2 Å². The Balaban J connectivity index is 0.000000431. The minimum Gasteiger partial charge on any atom is -0.382 e. The van der Waals surface area contributed by atoms with Crippen molar-refractivity contribution in [1.82, 2.24) is 14.3 Å². The third-order valence-corrected chi connectivity index (χ3v) is 3.12. The van der Waals surface area contributed by atoms with Gasteiger partial charge in [-0.05, 0) is 24.3 Å². The van der Waals surface area contributed by atoms with E-state index in [4.69, 9.17) is 24.4 Å². The standard InChI is InChI=1S/C14H16N7.ClHO4/c1-19-9-10-20(2)14(19)17-16-11-3-5-12(6-4-11)21-8-7-13(15)18-21;2-1(3,4)5/h3-10H,1-2H3,(H2,15,18);(H,2,3,4,5)/q+1;/p-1. The van der Waals surface area contributed by atoms with Gasteiger partial charge >= 0.3 is 5.95 Å². The Morgan fingerprint density at radius 1 is 1.04 bits per heavy atom. The maximum atomic E-state index is 8.49. The number of nitrogens with two attached hydrogens (primary N) is 1. The van der Waals surface area contributed by atoms with Gasteiger partial charge in [0.15, 0.2) is 0 Å². The molecule has 0 aliphatic heterocycles. The highest BCUT2D eigenvalue weighted by Gasteiger charge is 2.10. The molecule has 3 rings (SSSR count). The molecule has 0 fully saturated rings. The monoisotopic (exact) mass is 381 g/mol. The SMILES string of the molecule is Cn1cc[n+](C)c1N=Nc1ccc(-n2ccc(N)n2)cc1.[O-][Cl+3]([O-])([O-])[O-]. The van der Waals surface area contributed by atoms with E-state index in [1.165, 1.54) is 0 Å². The number of anilines is 1. The van der Waals surface area contributed by atoms with Gasteiger partial charge in [-0.2, -0.15) is 5.10 Å². The fourth-order valence-electron chi connectivity index (χ4n) is 1.98. The normalized spacial score (nSPS) is 11.5. The maximum Gasteiger partial charge on any atom is 0.421 e. The molecule has 0 unspecified atom stereocenters. The number of nitrogen functional groups attached to an aromatic ring is 1. The lowest BCUT2D eigenvalue weighted by Crippen LogP contribution is -2.68. The van der Waals surface area contributed by atoms with E-state index in [1.54, 1.807) is 10.7 Å². The molecule has 0 aliphatic rings. The summed E-state index contributed by atoms with van der Waals surface area (Å²) in [4.78, 5) is 0. The van der Waals surface area contributed by atoms with Crippen molar-refractivity contribution < 1.29 is 33.4 Å². The zero-order valence-electron chi connectivity index (χ0n) is 13.9. The lowest BCUT2D eigenvalue weighted by Gasteiger charge is -2.17. The Morgan fingerprint density at radius 2 is 1.65 bits per heavy atom. The molecule has 3 aromatic rings. The van der Waals surface area contributed by atoms with E-state index in [2.05, 4.69) is 15.3 Å². The van der Waals surface area contributed by atoms with Crippen molar-refractivity contribution in [3.8, 4) is 5.69 Å². The van der Waals surface area contributed by atoms with E-state index < -0.39 is 10.2 Å². The predicted molar refractivity (Wildman–Crippen MR) is 78.7 cm³/mol. The summed E-state index contributed by atoms with van der Waals surface area (Å²) in [6.07, 6.45) is 5.68. The van der Waals surface area contributed by atoms with E-state index in [9.17, 15) is 0 Å². The van der Waals surface area contributed by atoms with Crippen molar-refractivity contribution in [3.05, 3.63) is 48.9 Å². The van der Waals surface area contributed by atoms with Crippen LogP contribution in [0.4, 0.5) is 17.5 Å². The van der Waals surface area contributed by atoms with E-state index in [-0.39, 0.29) is 0 Å². The van der Waals surface area contributed by atoms with Crippen molar-refractivity contribution >= 4 is 17.5 Å². The minimum atomic E-state index is -4.94. The van der Waals surface area contributed by atoms with Gasteiger partial charge < -0.3 is 5.73 Å². The number of hydrogen-bond donors (Lipinski definition) is 1. The molecule has 0 bridgehead atoms. The second-order valence-corrected chi connectivity index (χ2v) is 5.86. The van der Waals surface area contributed by atoms with Crippen LogP contribution in [0.5, 0.6) is 0 Å². The Bertz CT molecular complexity index is 858. The summed E-state index contributed by atoms with van der Waals surface area (Å²) < 4.78 is 39.5. The fourth-order valence-corrected chi connectivity index (χ4v) is 1.98. The third-order valence-electron chi connectivity index (χ3n) is 3.12. The van der Waals surface area contributed by atoms with E-state index in [0.29, 0.717) is 5.82 Å². The topological polar surface area (TPSA) is 170 Å². The molecule has 0 amide bonds. The zero-order valence-corrected chi connectivity index (χ0v) is 14.6. The highest BCUT2D eigenvalue weighted by Crippen LogP contribution is 2.18. The lowest BCUT2D eigenvalue weighted by atomic mass is 10.3. The van der Waals surface area contributed by atoms with Crippen LogP contribution < -0.4 is 28.9 Å². The van der Waals surface area contributed by atoms with Gasteiger partial charge in [-0.3, -0.25) is 0 Å². The molecule has 2 N–H and O–H groups in total. The molecule has 0 saturated heterocycles. The number of aromatic nitrogens is 4. The van der Waals surface area contributed by atoms with Gasteiger partial charge in [-0.1, -0.05) is 5.11 Å². The summed E-state index contributed by atoms with van der Waals surface area (Å²) in [5, 5.41) is 12.6. The van der Waals surface area contributed by atoms with Crippen LogP contribution in [0.1, 0.15) is 0 Å². The average Bonchev–Trinajstić information content (AvgIpc) is 3.11. The first-order valence-corrected chi connectivity index (χ1v) is 8.33. The second kappa shape index (κ2) is 8.03. The molecule has 138 valence electrons. The molecule has 26 heavy (non-hydrogen) atoms. The third kappa shape index (κ3) is 5.91. The predicted octanol–water partition coefficient (Wildman–Crippen LogP) is -2.72. The first kappa shape index (κ1) is 19.5. The number of hydrogen-bond acceptors (Lipinski definition) is 8. The molecular formula is C14H16ClN7O4. The van der Waals surface area contributed by atoms with Crippen molar-refractivity contribution in [2.24, 2.45) is 24.3 Å². The zero-order chi connectivity index (χ0) is 19.3. The van der Waals surface area contributed by atoms with Crippen molar-refractivity contribution in [2.75, 3.05) is 5.73 Å². The number of aryl methyl sites for hydroxylation is 2. The molecule has 0 saturated carbocycles. The van der Waals surface area contributed by atoms with E-state index in [0.717, 1.165) is 17.3 Å². The number of azo groups is 1. The molecule has 0 aliphatic carbocycles. The van der Waals surface area contributed by atoms with Crippen LogP contribution in [-0.2, 0) is 14.1 Å². The van der Waals surface area contributed by atoms with E-state index >= 15 is 0 Å². The molecule has 12 heteroatoms. The summed E-state index contributed by atoms with van der Waals surface area (Å²) in [6.45, 7) is 0. The summed E-state index contributed by atoms with van der Waals surface area (Å²) in [5.74, 6) is 1.27. The number of benzene rings is 1. The Hall–Kier alpha value is -2.83. The van der Waals surface area contributed by atoms with Crippen molar-refractivity contribution in [1.29, 1.82) is 0 Å². The molecule has 0 radical (unpaired) electrons. The van der Waals surface area contributed by atoms with Crippen LogP contribution in [0.15, 0.2) is 59.2 Å². The van der Waals surface area contributed by atoms with Crippen molar-refractivity contribution in [3.63, 3.8) is 0 Å². The summed E-state index contributed by atoms with van der Waals surface area (Å²) in [5.41, 5.74) is 7.31. The largest absolute Gasteiger partial charge is 0.421 e. The molecule has 0 spiro atoms. The molecular weight excluding hydrogens is 366 g/mol. The smallest absolute Gasteiger partial charge is 0.382 e. The summed E-state index contributed by atoms with van der Waals surface area (Å²) in [7, 11) is -1.08. The Morgan fingerprint density at radius 3 is 2.12 bits per heavy atom. The number of nitrogens with zero attached hydrogens (tertiary/aromatic N) is 6. The van der Waals surface area contributed by atoms with Gasteiger partial charge in [0.05, 0.1) is 32.2 Å². The first-order valence-electron chi connectivity index (χ1n) is 7.09. The minimum absolute atomic E-state index is 0.495. The molecule has 11 nitrogen and oxygen atoms in total. The molecule has 2 aromatic heterocycles. The highest BCUT2D eigenvalue weighted by molar-refractivity contribution is 5.44. The summed E-state index contributed by atoms with van der Waals surface area (Å²) in [6, 6.07) is 9.37. The van der Waals surface area contributed by atoms with Gasteiger partial charge in [-0.15, -0.1) is 10.2 Å². The molecule has 1 aromatic carbocycles. The number of halogens is 1. The van der Waals surface area contributed by atoms with Gasteiger partial charge in [-0.25, -0.2) is 32.5 Å². The van der Waals surface area contributed by atoms with Gasteiger partial charge in [0, 0.05) is 17.4 Å². The van der Waals surface area contributed by atoms with Gasteiger partial charge in [0.1, 0.15) is 11.5 Å². The average molecular weight is 382 g/mol. The van der Waals surface area contributed by atoms with Crippen LogP contribution >= 0.6 is 0 Å². The van der Waals surface area contributed by atoms with Gasteiger partial charge in [0.25, 0.3) is 0 Å². The second-order valence-electron chi connectivity index (χ2n) is 5.10. The first-order chi connectivity index (χ1) is 12.1. The molecule has 2 heterocycles.